The fraction of sp³-hybridized carbons (Fsp3) is 0.345. The summed E-state index contributed by atoms with van der Waals surface area (Å²) >= 11 is 0. The van der Waals surface area contributed by atoms with Gasteiger partial charge in [-0.1, -0.05) is 48.5 Å². The molecule has 0 saturated carbocycles. The summed E-state index contributed by atoms with van der Waals surface area (Å²) in [5.74, 6) is -0.520. The average Bonchev–Trinajstić information content (AvgIpc) is 2.86. The van der Waals surface area contributed by atoms with E-state index >= 15 is 0 Å². The third-order valence-electron chi connectivity index (χ3n) is 6.57. The lowest BCUT2D eigenvalue weighted by molar-refractivity contribution is -0.152. The monoisotopic (exact) mass is 512 g/mol. The second-order valence-electron chi connectivity index (χ2n) is 9.86. The highest BCUT2D eigenvalue weighted by Crippen LogP contribution is 2.34. The number of aliphatic carboxylic acids is 1. The highest BCUT2D eigenvalue weighted by molar-refractivity contribution is 5.78. The topological polar surface area (TPSA) is 53.0 Å². The number of alkyl halides is 3. The van der Waals surface area contributed by atoms with E-state index in [0.717, 1.165) is 67.1 Å². The Morgan fingerprint density at radius 3 is 1.92 bits per heavy atom. The Morgan fingerprint density at radius 2 is 1.38 bits per heavy atom. The van der Waals surface area contributed by atoms with Crippen molar-refractivity contribution in [3.8, 4) is 16.9 Å². The van der Waals surface area contributed by atoms with Gasteiger partial charge in [-0.05, 0) is 54.8 Å². The molecule has 0 atom stereocenters. The van der Waals surface area contributed by atoms with E-state index in [1.165, 1.54) is 13.8 Å². The number of piperazine rings is 1. The molecule has 0 aromatic heterocycles. The molecule has 0 unspecified atom stereocenters. The highest BCUT2D eigenvalue weighted by atomic mass is 19.4. The number of ether oxygens (including phenoxy) is 1. The summed E-state index contributed by atoms with van der Waals surface area (Å²) in [5.41, 5.74) is 1.76. The normalized spacial score (nSPS) is 15.5. The second-order valence-corrected chi connectivity index (χ2v) is 9.86. The number of carbonyl (C=O) groups is 1. The van der Waals surface area contributed by atoms with E-state index in [1.807, 2.05) is 42.5 Å². The Balaban J connectivity index is 1.40. The average molecular weight is 513 g/mol. The number of hydrogen-bond acceptors (Lipinski definition) is 4. The van der Waals surface area contributed by atoms with Crippen molar-refractivity contribution in [3.63, 3.8) is 0 Å². The molecule has 1 aliphatic rings. The maximum atomic E-state index is 12.8. The molecule has 4 rings (SSSR count). The number of carboxylic acid groups (broad SMARTS) is 1. The van der Waals surface area contributed by atoms with Crippen molar-refractivity contribution in [1.29, 1.82) is 0 Å². The third kappa shape index (κ3) is 6.90. The first kappa shape index (κ1) is 26.7. The van der Waals surface area contributed by atoms with E-state index in [1.54, 1.807) is 12.1 Å². The first-order valence-corrected chi connectivity index (χ1v) is 12.2. The molecule has 3 aromatic carbocycles. The van der Waals surface area contributed by atoms with E-state index in [4.69, 9.17) is 4.74 Å². The molecular formula is C29H31F3N2O3. The lowest BCUT2D eigenvalue weighted by atomic mass is 10.0. The van der Waals surface area contributed by atoms with Gasteiger partial charge in [0.15, 0.2) is 5.60 Å². The van der Waals surface area contributed by atoms with E-state index in [-0.39, 0.29) is 0 Å². The molecule has 3 aromatic rings. The standard InChI is InChI=1S/C29H31F3N2O3/c1-28(2,27(35)36)37-26-13-10-22(18-25(26)23-6-4-3-5-7-23)20-34-16-14-33(15-17-34)19-21-8-11-24(12-9-21)29(30,31)32/h3-13,18H,14-17,19-20H2,1-2H3,(H,35,36). The molecule has 5 nitrogen and oxygen atoms in total. The largest absolute Gasteiger partial charge is 0.478 e. The fourth-order valence-electron chi connectivity index (χ4n) is 4.35. The summed E-state index contributed by atoms with van der Waals surface area (Å²) < 4.78 is 44.3. The Bertz CT molecular complexity index is 1200. The Hall–Kier alpha value is -3.36. The van der Waals surface area contributed by atoms with Gasteiger partial charge in [0.1, 0.15) is 5.75 Å². The Morgan fingerprint density at radius 1 is 0.838 bits per heavy atom. The van der Waals surface area contributed by atoms with Gasteiger partial charge in [0, 0.05) is 44.8 Å². The van der Waals surface area contributed by atoms with Crippen LogP contribution in [0.5, 0.6) is 5.75 Å². The second kappa shape index (κ2) is 10.9. The molecule has 0 aliphatic carbocycles. The molecule has 1 heterocycles. The molecule has 1 aliphatic heterocycles. The summed E-state index contributed by atoms with van der Waals surface area (Å²) in [4.78, 5) is 16.2. The summed E-state index contributed by atoms with van der Waals surface area (Å²) in [6.45, 7) is 7.73. The van der Waals surface area contributed by atoms with Gasteiger partial charge in [-0.3, -0.25) is 9.80 Å². The number of rotatable bonds is 8. The first-order chi connectivity index (χ1) is 17.5. The van der Waals surface area contributed by atoms with Crippen LogP contribution in [0.2, 0.25) is 0 Å². The Kier molecular flexibility index (Phi) is 7.90. The molecule has 37 heavy (non-hydrogen) atoms. The van der Waals surface area contributed by atoms with Gasteiger partial charge in [0.25, 0.3) is 0 Å². The van der Waals surface area contributed by atoms with Crippen molar-refractivity contribution in [2.75, 3.05) is 26.2 Å². The predicted molar refractivity (Wildman–Crippen MR) is 136 cm³/mol. The SMILES string of the molecule is CC(C)(Oc1ccc(CN2CCN(Cc3ccc(C(F)(F)F)cc3)CC2)cc1-c1ccccc1)C(=O)O. The van der Waals surface area contributed by atoms with Crippen LogP contribution in [0.25, 0.3) is 11.1 Å². The van der Waals surface area contributed by atoms with Crippen molar-refractivity contribution in [3.05, 3.63) is 89.5 Å². The number of benzene rings is 3. The molecule has 0 amide bonds. The van der Waals surface area contributed by atoms with Gasteiger partial charge in [-0.25, -0.2) is 4.79 Å². The van der Waals surface area contributed by atoms with Gasteiger partial charge < -0.3 is 9.84 Å². The Labute approximate surface area is 215 Å². The van der Waals surface area contributed by atoms with Crippen molar-refractivity contribution in [1.82, 2.24) is 9.80 Å². The van der Waals surface area contributed by atoms with Gasteiger partial charge in [0.05, 0.1) is 5.56 Å². The van der Waals surface area contributed by atoms with Gasteiger partial charge in [0.2, 0.25) is 0 Å². The minimum absolute atomic E-state index is 0.517. The number of hydrogen-bond donors (Lipinski definition) is 1. The molecular weight excluding hydrogens is 481 g/mol. The smallest absolute Gasteiger partial charge is 0.416 e. The zero-order valence-corrected chi connectivity index (χ0v) is 21.0. The lowest BCUT2D eigenvalue weighted by Crippen LogP contribution is -2.45. The van der Waals surface area contributed by atoms with Crippen LogP contribution in [-0.2, 0) is 24.1 Å². The molecule has 0 radical (unpaired) electrons. The molecule has 0 bridgehead atoms. The molecule has 1 saturated heterocycles. The minimum atomic E-state index is -4.32. The maximum absolute atomic E-state index is 12.8. The van der Waals surface area contributed by atoms with Crippen LogP contribution >= 0.6 is 0 Å². The fourth-order valence-corrected chi connectivity index (χ4v) is 4.35. The van der Waals surface area contributed by atoms with Crippen molar-refractivity contribution in [2.45, 2.75) is 38.7 Å². The molecule has 196 valence electrons. The third-order valence-corrected chi connectivity index (χ3v) is 6.57. The summed E-state index contributed by atoms with van der Waals surface area (Å²) in [6, 6.07) is 21.0. The zero-order chi connectivity index (χ0) is 26.6. The molecule has 0 spiro atoms. The van der Waals surface area contributed by atoms with Gasteiger partial charge >= 0.3 is 12.1 Å². The molecule has 8 heteroatoms. The number of carboxylic acids is 1. The lowest BCUT2D eigenvalue weighted by Gasteiger charge is -2.35. The van der Waals surface area contributed by atoms with E-state index < -0.39 is 23.3 Å². The van der Waals surface area contributed by atoms with E-state index in [0.29, 0.717) is 12.3 Å². The van der Waals surface area contributed by atoms with Crippen LogP contribution in [0.4, 0.5) is 13.2 Å². The quantitative estimate of drug-likeness (QED) is 0.405. The van der Waals surface area contributed by atoms with Crippen molar-refractivity contribution in [2.24, 2.45) is 0 Å². The van der Waals surface area contributed by atoms with Gasteiger partial charge in [-0.2, -0.15) is 13.2 Å². The minimum Gasteiger partial charge on any atom is -0.478 e. The van der Waals surface area contributed by atoms with Crippen LogP contribution in [0.15, 0.2) is 72.8 Å². The van der Waals surface area contributed by atoms with Crippen LogP contribution in [0, 0.1) is 0 Å². The van der Waals surface area contributed by atoms with Crippen LogP contribution in [-0.4, -0.2) is 52.7 Å². The molecule has 1 fully saturated rings. The van der Waals surface area contributed by atoms with Crippen LogP contribution in [0.1, 0.15) is 30.5 Å². The van der Waals surface area contributed by atoms with E-state index in [2.05, 4.69) is 15.9 Å². The van der Waals surface area contributed by atoms with Crippen LogP contribution < -0.4 is 4.74 Å². The number of nitrogens with zero attached hydrogens (tertiary/aromatic N) is 2. The van der Waals surface area contributed by atoms with Gasteiger partial charge in [-0.15, -0.1) is 0 Å². The van der Waals surface area contributed by atoms with Crippen molar-refractivity contribution < 1.29 is 27.8 Å². The number of halogens is 3. The summed E-state index contributed by atoms with van der Waals surface area (Å²) in [6.07, 6.45) is -4.32. The zero-order valence-electron chi connectivity index (χ0n) is 21.0. The highest BCUT2D eigenvalue weighted by Gasteiger charge is 2.31. The summed E-state index contributed by atoms with van der Waals surface area (Å²) in [7, 11) is 0. The first-order valence-electron chi connectivity index (χ1n) is 12.2. The summed E-state index contributed by atoms with van der Waals surface area (Å²) in [5, 5.41) is 9.51. The maximum Gasteiger partial charge on any atom is 0.416 e. The van der Waals surface area contributed by atoms with E-state index in [9.17, 15) is 23.1 Å². The molecule has 1 N–H and O–H groups in total. The predicted octanol–water partition coefficient (Wildman–Crippen LogP) is 5.93. The van der Waals surface area contributed by atoms with Crippen LogP contribution in [0.3, 0.4) is 0 Å². The van der Waals surface area contributed by atoms with Crippen molar-refractivity contribution >= 4 is 5.97 Å².